The molecule has 1 saturated heterocycles. The van der Waals surface area contributed by atoms with Gasteiger partial charge in [-0.15, -0.1) is 11.8 Å². The quantitative estimate of drug-likeness (QED) is 0.502. The molecule has 1 atom stereocenters. The summed E-state index contributed by atoms with van der Waals surface area (Å²) in [6.07, 6.45) is 0. The third-order valence-corrected chi connectivity index (χ3v) is 6.82. The van der Waals surface area contributed by atoms with Crippen LogP contribution in [0.5, 0.6) is 0 Å². The summed E-state index contributed by atoms with van der Waals surface area (Å²) in [5, 5.41) is 4.18. The van der Waals surface area contributed by atoms with Gasteiger partial charge in [-0.05, 0) is 53.1 Å². The van der Waals surface area contributed by atoms with Gasteiger partial charge in [0.15, 0.2) is 0 Å². The van der Waals surface area contributed by atoms with Crippen molar-refractivity contribution in [3.05, 3.63) is 105 Å². The maximum atomic E-state index is 12.5. The number of halogens is 2. The average molecular weight is 471 g/mol. The third-order valence-electron chi connectivity index (χ3n) is 5.06. The monoisotopic (exact) mass is 470 g/mol. The molecule has 0 unspecified atom stereocenters. The van der Waals surface area contributed by atoms with Crippen molar-refractivity contribution < 1.29 is 9.59 Å². The largest absolute Gasteiger partial charge is 0.348 e. The Morgan fingerprint density at radius 3 is 2.10 bits per heavy atom. The van der Waals surface area contributed by atoms with Crippen LogP contribution >= 0.6 is 35.0 Å². The molecule has 1 fully saturated rings. The number of carbonyl (C=O) groups is 2. The minimum Gasteiger partial charge on any atom is -0.348 e. The van der Waals surface area contributed by atoms with Crippen LogP contribution in [-0.2, 0) is 17.9 Å². The molecule has 0 aromatic heterocycles. The van der Waals surface area contributed by atoms with Crippen molar-refractivity contribution in [2.45, 2.75) is 18.5 Å². The maximum absolute atomic E-state index is 12.5. The molecule has 1 N–H and O–H groups in total. The number of thioether (sulfide) groups is 1. The molecule has 1 aliphatic heterocycles. The number of amides is 2. The van der Waals surface area contributed by atoms with E-state index in [1.165, 1.54) is 0 Å². The van der Waals surface area contributed by atoms with Crippen LogP contribution in [0.4, 0.5) is 0 Å². The number of hydrogen-bond acceptors (Lipinski definition) is 3. The fourth-order valence-corrected chi connectivity index (χ4v) is 4.81. The van der Waals surface area contributed by atoms with E-state index in [0.29, 0.717) is 34.5 Å². The molecular weight excluding hydrogens is 451 g/mol. The molecule has 1 aliphatic rings. The molecule has 158 valence electrons. The first-order chi connectivity index (χ1) is 15.0. The SMILES string of the molecule is O=C(NCc1ccc(Cl)cc1)c1ccc([C@H]2SCC(=O)N2Cc2ccc(Cl)cc2)cc1. The second-order valence-electron chi connectivity index (χ2n) is 7.24. The zero-order valence-electron chi connectivity index (χ0n) is 16.6. The molecule has 4 nitrogen and oxygen atoms in total. The van der Waals surface area contributed by atoms with E-state index >= 15 is 0 Å². The Balaban J connectivity index is 1.41. The van der Waals surface area contributed by atoms with Gasteiger partial charge >= 0.3 is 0 Å². The lowest BCUT2D eigenvalue weighted by molar-refractivity contribution is -0.128. The lowest BCUT2D eigenvalue weighted by atomic mass is 10.1. The highest BCUT2D eigenvalue weighted by molar-refractivity contribution is 8.00. The summed E-state index contributed by atoms with van der Waals surface area (Å²) in [6, 6.07) is 22.3. The van der Waals surface area contributed by atoms with Gasteiger partial charge in [0, 0.05) is 28.7 Å². The van der Waals surface area contributed by atoms with Gasteiger partial charge < -0.3 is 10.2 Å². The fraction of sp³-hybridized carbons (Fsp3) is 0.167. The summed E-state index contributed by atoms with van der Waals surface area (Å²) in [6.45, 7) is 0.955. The highest BCUT2D eigenvalue weighted by Crippen LogP contribution is 2.39. The van der Waals surface area contributed by atoms with Crippen molar-refractivity contribution in [1.29, 1.82) is 0 Å². The second kappa shape index (κ2) is 9.77. The Kier molecular flexibility index (Phi) is 6.86. The number of benzene rings is 3. The summed E-state index contributed by atoms with van der Waals surface area (Å²) in [5.74, 6) is 0.408. The molecule has 0 aliphatic carbocycles. The van der Waals surface area contributed by atoms with Crippen LogP contribution in [0.1, 0.15) is 32.4 Å². The van der Waals surface area contributed by atoms with Crippen LogP contribution in [0.15, 0.2) is 72.8 Å². The van der Waals surface area contributed by atoms with E-state index in [9.17, 15) is 9.59 Å². The van der Waals surface area contributed by atoms with Gasteiger partial charge in [-0.2, -0.15) is 0 Å². The van der Waals surface area contributed by atoms with Crippen LogP contribution in [0, 0.1) is 0 Å². The molecule has 4 rings (SSSR count). The summed E-state index contributed by atoms with van der Waals surface area (Å²) in [7, 11) is 0. The number of hydrogen-bond donors (Lipinski definition) is 1. The topological polar surface area (TPSA) is 49.4 Å². The van der Waals surface area contributed by atoms with E-state index in [1.54, 1.807) is 36.0 Å². The third kappa shape index (κ3) is 5.42. The van der Waals surface area contributed by atoms with Gasteiger partial charge in [0.1, 0.15) is 5.37 Å². The molecule has 3 aromatic rings. The van der Waals surface area contributed by atoms with Crippen molar-refractivity contribution >= 4 is 46.8 Å². The lowest BCUT2D eigenvalue weighted by Gasteiger charge is -2.24. The smallest absolute Gasteiger partial charge is 0.251 e. The Bertz CT molecular complexity index is 1070. The molecule has 31 heavy (non-hydrogen) atoms. The van der Waals surface area contributed by atoms with Crippen LogP contribution < -0.4 is 5.32 Å². The van der Waals surface area contributed by atoms with E-state index in [1.807, 2.05) is 53.4 Å². The molecule has 0 saturated carbocycles. The Morgan fingerprint density at radius 2 is 1.48 bits per heavy atom. The predicted octanol–water partition coefficient (Wildman–Crippen LogP) is 5.70. The van der Waals surface area contributed by atoms with Crippen LogP contribution in [0.3, 0.4) is 0 Å². The zero-order valence-corrected chi connectivity index (χ0v) is 18.9. The summed E-state index contributed by atoms with van der Waals surface area (Å²) in [5.41, 5.74) is 3.59. The van der Waals surface area contributed by atoms with E-state index in [2.05, 4.69) is 5.32 Å². The number of rotatable bonds is 6. The Hall–Kier alpha value is -2.47. The predicted molar refractivity (Wildman–Crippen MR) is 126 cm³/mol. The van der Waals surface area contributed by atoms with Gasteiger partial charge in [0.05, 0.1) is 5.75 Å². The number of nitrogens with zero attached hydrogens (tertiary/aromatic N) is 1. The fourth-order valence-electron chi connectivity index (χ4n) is 3.37. The van der Waals surface area contributed by atoms with Crippen molar-refractivity contribution in [1.82, 2.24) is 10.2 Å². The molecular formula is C24H20Cl2N2O2S. The lowest BCUT2D eigenvalue weighted by Crippen LogP contribution is -2.27. The van der Waals surface area contributed by atoms with Crippen LogP contribution in [0.2, 0.25) is 10.0 Å². The van der Waals surface area contributed by atoms with Gasteiger partial charge in [-0.1, -0.05) is 59.6 Å². The normalized spacial score (nSPS) is 15.9. The highest BCUT2D eigenvalue weighted by atomic mass is 35.5. The molecule has 2 amide bonds. The van der Waals surface area contributed by atoms with Crippen molar-refractivity contribution in [2.75, 3.05) is 5.75 Å². The minimum atomic E-state index is -0.144. The average Bonchev–Trinajstić information content (AvgIpc) is 3.15. The molecule has 7 heteroatoms. The van der Waals surface area contributed by atoms with E-state index < -0.39 is 0 Å². The maximum Gasteiger partial charge on any atom is 0.251 e. The molecule has 3 aromatic carbocycles. The summed E-state index contributed by atoms with van der Waals surface area (Å²) >= 11 is 13.4. The molecule has 0 bridgehead atoms. The molecule has 0 spiro atoms. The van der Waals surface area contributed by atoms with Crippen molar-refractivity contribution in [2.24, 2.45) is 0 Å². The van der Waals surface area contributed by atoms with Crippen molar-refractivity contribution in [3.8, 4) is 0 Å². The van der Waals surface area contributed by atoms with Crippen molar-refractivity contribution in [3.63, 3.8) is 0 Å². The van der Waals surface area contributed by atoms with E-state index in [0.717, 1.165) is 16.7 Å². The van der Waals surface area contributed by atoms with Gasteiger partial charge in [-0.25, -0.2) is 0 Å². The Morgan fingerprint density at radius 1 is 0.903 bits per heavy atom. The first kappa shape index (κ1) is 21.8. The summed E-state index contributed by atoms with van der Waals surface area (Å²) in [4.78, 5) is 26.8. The van der Waals surface area contributed by atoms with Gasteiger partial charge in [0.25, 0.3) is 5.91 Å². The first-order valence-corrected chi connectivity index (χ1v) is 11.6. The standard InChI is InChI=1S/C24H20Cl2N2O2S/c25-20-9-1-16(2-10-20)13-27-23(30)18-5-7-19(8-6-18)24-28(22(29)15-31-24)14-17-3-11-21(26)12-4-17/h1-12,24H,13-15H2,(H,27,30)/t24-/m1/s1. The van der Waals surface area contributed by atoms with Gasteiger partial charge in [0.2, 0.25) is 5.91 Å². The van der Waals surface area contributed by atoms with Crippen LogP contribution in [-0.4, -0.2) is 22.5 Å². The summed E-state index contributed by atoms with van der Waals surface area (Å²) < 4.78 is 0. The zero-order chi connectivity index (χ0) is 21.8. The number of carbonyl (C=O) groups excluding carboxylic acids is 2. The number of nitrogens with one attached hydrogen (secondary N) is 1. The first-order valence-electron chi connectivity index (χ1n) is 9.78. The Labute approximate surface area is 195 Å². The second-order valence-corrected chi connectivity index (χ2v) is 9.18. The molecule has 0 radical (unpaired) electrons. The van der Waals surface area contributed by atoms with Crippen LogP contribution in [0.25, 0.3) is 0 Å². The molecule has 1 heterocycles. The van der Waals surface area contributed by atoms with E-state index in [-0.39, 0.29) is 17.2 Å². The van der Waals surface area contributed by atoms with E-state index in [4.69, 9.17) is 23.2 Å². The minimum absolute atomic E-state index is 0.0747. The van der Waals surface area contributed by atoms with Gasteiger partial charge in [-0.3, -0.25) is 9.59 Å². The highest BCUT2D eigenvalue weighted by Gasteiger charge is 2.32.